The minimum absolute atomic E-state index is 0.114. The van der Waals surface area contributed by atoms with Crippen molar-refractivity contribution in [2.45, 2.75) is 17.5 Å². The summed E-state index contributed by atoms with van der Waals surface area (Å²) in [4.78, 5) is 21.7. The van der Waals surface area contributed by atoms with Crippen molar-refractivity contribution in [3.05, 3.63) is 64.3 Å². The van der Waals surface area contributed by atoms with E-state index in [9.17, 15) is 13.6 Å². The van der Waals surface area contributed by atoms with E-state index in [0.29, 0.717) is 10.2 Å². The van der Waals surface area contributed by atoms with Crippen LogP contribution in [0.25, 0.3) is 21.3 Å². The second-order valence-corrected chi connectivity index (χ2v) is 7.38. The number of nitrogens with zero attached hydrogens (tertiary/aromatic N) is 4. The van der Waals surface area contributed by atoms with Crippen LogP contribution in [0.4, 0.5) is 8.78 Å². The Bertz CT molecular complexity index is 1150. The van der Waals surface area contributed by atoms with Crippen LogP contribution in [0.1, 0.15) is 12.4 Å². The summed E-state index contributed by atoms with van der Waals surface area (Å²) in [5.41, 5.74) is 1.30. The molecule has 0 fully saturated rings. The monoisotopic (exact) mass is 405 g/mol. The van der Waals surface area contributed by atoms with Crippen molar-refractivity contribution in [2.75, 3.05) is 5.84 Å². The zero-order valence-electron chi connectivity index (χ0n) is 13.8. The number of thiophene rings is 1. The number of nitrogens with two attached hydrogens (primary N) is 1. The molecule has 0 radical (unpaired) electrons. The maximum Gasteiger partial charge on any atom is 0.319 e. The van der Waals surface area contributed by atoms with E-state index in [4.69, 9.17) is 5.84 Å². The number of thioether (sulfide) groups is 1. The van der Waals surface area contributed by atoms with Crippen molar-refractivity contribution < 1.29 is 8.78 Å². The molecule has 4 rings (SSSR count). The van der Waals surface area contributed by atoms with E-state index in [-0.39, 0.29) is 22.3 Å². The minimum Gasteiger partial charge on any atom is -0.334 e. The predicted molar refractivity (Wildman–Crippen MR) is 103 cm³/mol. The highest BCUT2D eigenvalue weighted by Crippen LogP contribution is 2.32. The number of halogens is 2. The van der Waals surface area contributed by atoms with Gasteiger partial charge >= 0.3 is 6.55 Å². The summed E-state index contributed by atoms with van der Waals surface area (Å²) in [6.45, 7) is -2.68. The molecule has 10 heteroatoms. The number of hydrogen-bond donors (Lipinski definition) is 1. The fraction of sp³-hybridized carbons (Fsp3) is 0.118. The number of nitrogen functional groups attached to an aromatic ring is 1. The Kier molecular flexibility index (Phi) is 4.66. The fourth-order valence-corrected chi connectivity index (χ4v) is 4.53. The second kappa shape index (κ2) is 7.12. The van der Waals surface area contributed by atoms with Crippen LogP contribution in [-0.4, -0.2) is 19.2 Å². The Balaban J connectivity index is 1.70. The van der Waals surface area contributed by atoms with Gasteiger partial charge < -0.3 is 5.84 Å². The van der Waals surface area contributed by atoms with Gasteiger partial charge in [0.05, 0.1) is 11.1 Å². The molecule has 3 heterocycles. The average molecular weight is 405 g/mol. The molecule has 0 spiro atoms. The molecular formula is C17H13F2N5OS2. The lowest BCUT2D eigenvalue weighted by atomic mass is 10.1. The molecule has 27 heavy (non-hydrogen) atoms. The second-order valence-electron chi connectivity index (χ2n) is 5.58. The molecule has 6 nitrogen and oxygen atoms in total. The molecule has 0 atom stereocenters. The Hall–Kier alpha value is -2.72. The molecule has 0 amide bonds. The van der Waals surface area contributed by atoms with Crippen LogP contribution in [0.3, 0.4) is 0 Å². The zero-order valence-corrected chi connectivity index (χ0v) is 15.4. The summed E-state index contributed by atoms with van der Waals surface area (Å²) in [6.07, 6.45) is 2.51. The van der Waals surface area contributed by atoms with Crippen LogP contribution in [-0.2, 0) is 5.75 Å². The van der Waals surface area contributed by atoms with Crippen LogP contribution >= 0.6 is 23.1 Å². The van der Waals surface area contributed by atoms with E-state index in [1.165, 1.54) is 23.7 Å². The smallest absolute Gasteiger partial charge is 0.319 e. The van der Waals surface area contributed by atoms with Crippen LogP contribution in [0.15, 0.2) is 58.1 Å². The molecule has 1 aromatic carbocycles. The van der Waals surface area contributed by atoms with Gasteiger partial charge in [-0.15, -0.1) is 11.3 Å². The van der Waals surface area contributed by atoms with Crippen LogP contribution in [0.5, 0.6) is 0 Å². The molecule has 0 aliphatic carbocycles. The number of benzene rings is 1. The molecule has 0 aliphatic rings. The van der Waals surface area contributed by atoms with Gasteiger partial charge in [-0.3, -0.25) is 9.36 Å². The van der Waals surface area contributed by atoms with E-state index in [1.807, 2.05) is 35.7 Å². The van der Waals surface area contributed by atoms with Crippen molar-refractivity contribution in [1.82, 2.24) is 19.2 Å². The van der Waals surface area contributed by atoms with Gasteiger partial charge in [0.1, 0.15) is 10.7 Å². The Morgan fingerprint density at radius 1 is 1.26 bits per heavy atom. The molecule has 2 N–H and O–H groups in total. The molecule has 0 aliphatic heterocycles. The summed E-state index contributed by atoms with van der Waals surface area (Å²) in [5, 5.41) is 2.57. The van der Waals surface area contributed by atoms with Gasteiger partial charge in [-0.25, -0.2) is 14.6 Å². The van der Waals surface area contributed by atoms with E-state index < -0.39 is 6.55 Å². The number of alkyl halides is 2. The van der Waals surface area contributed by atoms with Crippen molar-refractivity contribution in [1.29, 1.82) is 0 Å². The van der Waals surface area contributed by atoms with Gasteiger partial charge in [-0.1, -0.05) is 42.1 Å². The number of aromatic nitrogens is 4. The topological polar surface area (TPSA) is 78.7 Å². The largest absolute Gasteiger partial charge is 0.334 e. The first-order chi connectivity index (χ1) is 13.1. The Labute approximate surface area is 160 Å². The molecule has 0 bridgehead atoms. The van der Waals surface area contributed by atoms with Crippen molar-refractivity contribution in [3.63, 3.8) is 0 Å². The highest BCUT2D eigenvalue weighted by Gasteiger charge is 2.18. The van der Waals surface area contributed by atoms with Gasteiger partial charge in [0.15, 0.2) is 5.16 Å². The van der Waals surface area contributed by atoms with Gasteiger partial charge in [-0.05, 0) is 5.56 Å². The first kappa shape index (κ1) is 17.7. The van der Waals surface area contributed by atoms with Gasteiger partial charge in [0, 0.05) is 23.3 Å². The van der Waals surface area contributed by atoms with Crippen LogP contribution < -0.4 is 11.4 Å². The van der Waals surface area contributed by atoms with E-state index in [2.05, 4.69) is 9.97 Å². The first-order valence-corrected chi connectivity index (χ1v) is 9.70. The fourth-order valence-electron chi connectivity index (χ4n) is 2.68. The summed E-state index contributed by atoms with van der Waals surface area (Å²) in [7, 11) is 0. The lowest BCUT2D eigenvalue weighted by Gasteiger charge is -2.09. The van der Waals surface area contributed by atoms with Crippen molar-refractivity contribution in [3.8, 4) is 11.1 Å². The quantitative estimate of drug-likeness (QED) is 0.311. The lowest BCUT2D eigenvalue weighted by molar-refractivity contribution is 0.0678. The lowest BCUT2D eigenvalue weighted by Crippen LogP contribution is -2.29. The van der Waals surface area contributed by atoms with Crippen molar-refractivity contribution in [2.24, 2.45) is 0 Å². The maximum absolute atomic E-state index is 12.9. The average Bonchev–Trinajstić information content (AvgIpc) is 3.31. The summed E-state index contributed by atoms with van der Waals surface area (Å²) >= 11 is 2.43. The Morgan fingerprint density at radius 3 is 2.78 bits per heavy atom. The molecule has 4 aromatic rings. The van der Waals surface area contributed by atoms with Gasteiger partial charge in [0.25, 0.3) is 5.56 Å². The molecule has 0 saturated heterocycles. The number of hydrogen-bond acceptors (Lipinski definition) is 6. The molecule has 138 valence electrons. The molecule has 3 aromatic heterocycles. The third-order valence-electron chi connectivity index (χ3n) is 3.98. The standard InChI is InChI=1S/C17H13F2N5OS2/c18-16(19)23-7-6-21-12(23)9-27-17-22-14-13(15(25)24(17)20)11(8-26-14)10-4-2-1-3-5-10/h1-8,16H,9,20H2. The maximum atomic E-state index is 12.9. The number of imidazole rings is 1. The first-order valence-electron chi connectivity index (χ1n) is 7.83. The Morgan fingerprint density at radius 2 is 2.04 bits per heavy atom. The van der Waals surface area contributed by atoms with Crippen molar-refractivity contribution >= 4 is 33.3 Å². The van der Waals surface area contributed by atoms with Gasteiger partial charge in [0.2, 0.25) is 0 Å². The number of fused-ring (bicyclic) bond motifs is 1. The van der Waals surface area contributed by atoms with E-state index in [1.54, 1.807) is 0 Å². The van der Waals surface area contributed by atoms with E-state index in [0.717, 1.165) is 32.1 Å². The third-order valence-corrected chi connectivity index (χ3v) is 5.80. The molecule has 0 saturated carbocycles. The number of rotatable bonds is 5. The highest BCUT2D eigenvalue weighted by molar-refractivity contribution is 7.98. The van der Waals surface area contributed by atoms with E-state index >= 15 is 0 Å². The van der Waals surface area contributed by atoms with Gasteiger partial charge in [-0.2, -0.15) is 8.78 Å². The molecule has 0 unspecified atom stereocenters. The normalized spacial score (nSPS) is 11.5. The zero-order chi connectivity index (χ0) is 19.0. The summed E-state index contributed by atoms with van der Waals surface area (Å²) < 4.78 is 27.6. The SMILES string of the molecule is Nn1c(SCc2nccn2C(F)F)nc2scc(-c3ccccc3)c2c1=O. The minimum atomic E-state index is -2.68. The third kappa shape index (κ3) is 3.21. The predicted octanol–water partition coefficient (Wildman–Crippen LogP) is 3.72. The summed E-state index contributed by atoms with van der Waals surface area (Å²) in [6, 6.07) is 9.50. The summed E-state index contributed by atoms with van der Waals surface area (Å²) in [5.74, 6) is 6.24. The highest BCUT2D eigenvalue weighted by atomic mass is 32.2. The van der Waals surface area contributed by atoms with Crippen LogP contribution in [0, 0.1) is 0 Å². The van der Waals surface area contributed by atoms with Crippen LogP contribution in [0.2, 0.25) is 0 Å². The molecular weight excluding hydrogens is 392 g/mol.